The van der Waals surface area contributed by atoms with Crippen LogP contribution in [0.15, 0.2) is 83.8 Å². The lowest BCUT2D eigenvalue weighted by Gasteiger charge is -2.32. The average Bonchev–Trinajstić information content (AvgIpc) is 2.97. The number of carbonyl (C=O) groups excluding carboxylic acids is 2. The van der Waals surface area contributed by atoms with E-state index in [0.29, 0.717) is 12.3 Å². The molecule has 3 aromatic carbocycles. The summed E-state index contributed by atoms with van der Waals surface area (Å²) in [6.07, 6.45) is 0.735. The molecule has 1 atom stereocenters. The van der Waals surface area contributed by atoms with E-state index in [4.69, 9.17) is 9.47 Å². The highest BCUT2D eigenvalue weighted by molar-refractivity contribution is 7.92. The Hall–Kier alpha value is -4.05. The van der Waals surface area contributed by atoms with E-state index in [-0.39, 0.29) is 28.8 Å². The smallest absolute Gasteiger partial charge is 0.264 e. The maximum absolute atomic E-state index is 14.0. The summed E-state index contributed by atoms with van der Waals surface area (Å²) in [4.78, 5) is 28.3. The van der Waals surface area contributed by atoms with Crippen molar-refractivity contribution in [1.29, 1.82) is 0 Å². The monoisotopic (exact) mass is 553 g/mol. The van der Waals surface area contributed by atoms with E-state index in [1.54, 1.807) is 74.7 Å². The van der Waals surface area contributed by atoms with Crippen molar-refractivity contribution >= 4 is 27.5 Å². The summed E-state index contributed by atoms with van der Waals surface area (Å²) < 4.78 is 39.5. The van der Waals surface area contributed by atoms with Crippen LogP contribution in [0.2, 0.25) is 0 Å². The first-order valence-electron chi connectivity index (χ1n) is 12.6. The summed E-state index contributed by atoms with van der Waals surface area (Å²) in [6.45, 7) is 3.54. The first-order chi connectivity index (χ1) is 18.7. The molecule has 0 heterocycles. The highest BCUT2D eigenvalue weighted by Crippen LogP contribution is 2.32. The molecule has 3 rings (SSSR count). The molecule has 1 N–H and O–H groups in total. The number of nitrogens with zero attached hydrogens (tertiary/aromatic N) is 2. The minimum atomic E-state index is -4.17. The maximum atomic E-state index is 14.0. The fourth-order valence-electron chi connectivity index (χ4n) is 4.01. The van der Waals surface area contributed by atoms with Gasteiger partial charge in [0.1, 0.15) is 24.1 Å². The molecule has 1 unspecified atom stereocenters. The fraction of sp³-hybridized carbons (Fsp3) is 0.310. The molecule has 0 aliphatic heterocycles. The lowest BCUT2D eigenvalue weighted by Crippen LogP contribution is -2.51. The zero-order valence-electron chi connectivity index (χ0n) is 22.7. The molecule has 10 heteroatoms. The average molecular weight is 554 g/mol. The van der Waals surface area contributed by atoms with Gasteiger partial charge in [0.05, 0.1) is 24.8 Å². The molecule has 0 aromatic heterocycles. The number of ether oxygens (including phenoxy) is 2. The highest BCUT2D eigenvalue weighted by atomic mass is 32.2. The molecule has 9 nitrogen and oxygen atoms in total. The Morgan fingerprint density at radius 3 is 2.28 bits per heavy atom. The van der Waals surface area contributed by atoms with Crippen molar-refractivity contribution in [2.75, 3.05) is 31.6 Å². The van der Waals surface area contributed by atoms with E-state index in [0.717, 1.165) is 16.3 Å². The molecule has 0 bridgehead atoms. The zero-order valence-corrected chi connectivity index (χ0v) is 23.5. The van der Waals surface area contributed by atoms with Gasteiger partial charge in [0, 0.05) is 13.1 Å². The second-order valence-electron chi connectivity index (χ2n) is 8.84. The number of rotatable bonds is 13. The van der Waals surface area contributed by atoms with Crippen LogP contribution in [0, 0.1) is 0 Å². The third-order valence-corrected chi connectivity index (χ3v) is 7.94. The van der Waals surface area contributed by atoms with E-state index in [1.165, 1.54) is 24.1 Å². The number of hydrogen-bond donors (Lipinski definition) is 1. The van der Waals surface area contributed by atoms with Crippen LogP contribution in [0.4, 0.5) is 5.69 Å². The van der Waals surface area contributed by atoms with Gasteiger partial charge in [-0.3, -0.25) is 13.9 Å². The maximum Gasteiger partial charge on any atom is 0.264 e. The third kappa shape index (κ3) is 7.29. The van der Waals surface area contributed by atoms with Crippen LogP contribution in [0.1, 0.15) is 25.8 Å². The van der Waals surface area contributed by atoms with Crippen LogP contribution >= 0.6 is 0 Å². The van der Waals surface area contributed by atoms with Crippen LogP contribution in [0.5, 0.6) is 11.5 Å². The number of methoxy groups -OCH3 is 2. The Kier molecular flexibility index (Phi) is 10.3. The lowest BCUT2D eigenvalue weighted by atomic mass is 10.1. The van der Waals surface area contributed by atoms with Gasteiger partial charge in [-0.05, 0) is 55.3 Å². The molecule has 0 spiro atoms. The van der Waals surface area contributed by atoms with Crippen molar-refractivity contribution in [2.45, 2.75) is 37.8 Å². The Bertz CT molecular complexity index is 1360. The molecular formula is C29H35N3O6S. The number of amides is 2. The SMILES string of the molecule is CCCNC(=O)C(C)N(Cc1cccc(OC)c1)C(=O)CN(c1ccccc1OC)S(=O)(=O)c1ccccc1. The second kappa shape index (κ2) is 13.7. The molecule has 39 heavy (non-hydrogen) atoms. The van der Waals surface area contributed by atoms with Crippen LogP contribution < -0.4 is 19.1 Å². The highest BCUT2D eigenvalue weighted by Gasteiger charge is 2.33. The predicted octanol–water partition coefficient (Wildman–Crippen LogP) is 3.84. The van der Waals surface area contributed by atoms with E-state index in [1.807, 2.05) is 13.0 Å². The molecule has 0 fully saturated rings. The molecule has 0 aliphatic rings. The topological polar surface area (TPSA) is 105 Å². The number of benzene rings is 3. The minimum absolute atomic E-state index is 0.0248. The summed E-state index contributed by atoms with van der Waals surface area (Å²) in [6, 6.07) is 20.8. The van der Waals surface area contributed by atoms with Crippen molar-refractivity contribution in [3.05, 3.63) is 84.4 Å². The van der Waals surface area contributed by atoms with Gasteiger partial charge in [0.2, 0.25) is 11.8 Å². The van der Waals surface area contributed by atoms with E-state index >= 15 is 0 Å². The molecule has 208 valence electrons. The normalized spacial score (nSPS) is 11.8. The van der Waals surface area contributed by atoms with Gasteiger partial charge in [-0.1, -0.05) is 49.4 Å². The molecule has 0 radical (unpaired) electrons. The quantitative estimate of drug-likeness (QED) is 0.345. The molecular weight excluding hydrogens is 518 g/mol. The predicted molar refractivity (Wildman–Crippen MR) is 150 cm³/mol. The molecule has 0 saturated carbocycles. The number of hydrogen-bond acceptors (Lipinski definition) is 6. The molecule has 3 aromatic rings. The fourth-order valence-corrected chi connectivity index (χ4v) is 5.46. The Morgan fingerprint density at radius 1 is 0.923 bits per heavy atom. The van der Waals surface area contributed by atoms with Crippen molar-refractivity contribution in [2.24, 2.45) is 0 Å². The van der Waals surface area contributed by atoms with Crippen LogP contribution in [0.3, 0.4) is 0 Å². The van der Waals surface area contributed by atoms with Crippen LogP contribution in [-0.4, -0.2) is 58.5 Å². The number of sulfonamides is 1. The summed E-state index contributed by atoms with van der Waals surface area (Å²) in [5, 5.41) is 2.83. The van der Waals surface area contributed by atoms with Gasteiger partial charge in [-0.2, -0.15) is 0 Å². The second-order valence-corrected chi connectivity index (χ2v) is 10.7. The van der Waals surface area contributed by atoms with Gasteiger partial charge in [-0.15, -0.1) is 0 Å². The third-order valence-electron chi connectivity index (χ3n) is 6.17. The molecule has 0 saturated heterocycles. The Morgan fingerprint density at radius 2 is 1.62 bits per heavy atom. The van der Waals surface area contributed by atoms with Crippen molar-refractivity contribution in [3.8, 4) is 11.5 Å². The summed E-state index contributed by atoms with van der Waals surface area (Å²) in [5.74, 6) is 0.00779. The summed E-state index contributed by atoms with van der Waals surface area (Å²) in [5.41, 5.74) is 0.939. The molecule has 2 amide bonds. The van der Waals surface area contributed by atoms with Gasteiger partial charge in [0.25, 0.3) is 10.0 Å². The van der Waals surface area contributed by atoms with Crippen molar-refractivity contribution in [3.63, 3.8) is 0 Å². The number of anilines is 1. The standard InChI is InChI=1S/C29H35N3O6S/c1-5-18-30-29(34)22(2)31(20-23-12-11-13-24(19-23)37-3)28(33)21-32(26-16-9-10-17-27(26)38-4)39(35,36)25-14-7-6-8-15-25/h6-17,19,22H,5,18,20-21H2,1-4H3,(H,30,34). The van der Waals surface area contributed by atoms with Gasteiger partial charge in [0.15, 0.2) is 0 Å². The van der Waals surface area contributed by atoms with E-state index in [2.05, 4.69) is 5.32 Å². The van der Waals surface area contributed by atoms with Crippen molar-refractivity contribution < 1.29 is 27.5 Å². The largest absolute Gasteiger partial charge is 0.497 e. The van der Waals surface area contributed by atoms with Gasteiger partial charge < -0.3 is 19.7 Å². The first-order valence-corrected chi connectivity index (χ1v) is 14.1. The minimum Gasteiger partial charge on any atom is -0.497 e. The lowest BCUT2D eigenvalue weighted by molar-refractivity contribution is -0.139. The van der Waals surface area contributed by atoms with Gasteiger partial charge >= 0.3 is 0 Å². The number of nitrogens with one attached hydrogen (secondary N) is 1. The van der Waals surface area contributed by atoms with Crippen molar-refractivity contribution in [1.82, 2.24) is 10.2 Å². The van der Waals surface area contributed by atoms with E-state index < -0.39 is 28.5 Å². The number of para-hydroxylation sites is 2. The number of carbonyl (C=O) groups is 2. The summed E-state index contributed by atoms with van der Waals surface area (Å²) >= 11 is 0. The van der Waals surface area contributed by atoms with Crippen LogP contribution in [0.25, 0.3) is 0 Å². The zero-order chi connectivity index (χ0) is 28.4. The van der Waals surface area contributed by atoms with Crippen LogP contribution in [-0.2, 0) is 26.2 Å². The molecule has 0 aliphatic carbocycles. The first kappa shape index (κ1) is 29.5. The van der Waals surface area contributed by atoms with E-state index in [9.17, 15) is 18.0 Å². The Balaban J connectivity index is 2.05. The van der Waals surface area contributed by atoms with Gasteiger partial charge in [-0.25, -0.2) is 8.42 Å². The summed E-state index contributed by atoms with van der Waals surface area (Å²) in [7, 11) is -1.20. The Labute approximate surface area is 230 Å².